The van der Waals surface area contributed by atoms with Crippen LogP contribution in [0.5, 0.6) is 11.5 Å². The first-order chi connectivity index (χ1) is 14.0. The van der Waals surface area contributed by atoms with Crippen LogP contribution in [0, 0.1) is 5.41 Å². The Hall–Kier alpha value is -3.08. The van der Waals surface area contributed by atoms with Crippen LogP contribution in [-0.4, -0.2) is 29.8 Å². The lowest BCUT2D eigenvalue weighted by molar-refractivity contribution is -0.115. The number of Topliss-reactive ketones (excluding diaryl/α,β-unsaturated/α-hetero) is 1. The molecular weight excluding hydrogens is 366 g/mol. The van der Waals surface area contributed by atoms with Crippen molar-refractivity contribution in [3.8, 4) is 11.5 Å². The van der Waals surface area contributed by atoms with Crippen LogP contribution in [0.1, 0.15) is 43.7 Å². The van der Waals surface area contributed by atoms with Crippen LogP contribution < -0.4 is 9.47 Å². The summed E-state index contributed by atoms with van der Waals surface area (Å²) in [7, 11) is 0. The molecule has 1 fully saturated rings. The van der Waals surface area contributed by atoms with Gasteiger partial charge in [-0.2, -0.15) is 0 Å². The first kappa shape index (κ1) is 20.6. The molecule has 1 aliphatic carbocycles. The van der Waals surface area contributed by atoms with Crippen molar-refractivity contribution in [1.82, 2.24) is 0 Å². The van der Waals surface area contributed by atoms with Gasteiger partial charge >= 0.3 is 0 Å². The maximum Gasteiger partial charge on any atom is 0.168 e. The smallest absolute Gasteiger partial charge is 0.168 e. The first-order valence-electron chi connectivity index (χ1n) is 10.00. The zero-order valence-electron chi connectivity index (χ0n) is 16.9. The van der Waals surface area contributed by atoms with Gasteiger partial charge in [-0.1, -0.05) is 36.4 Å². The molecule has 5 heteroatoms. The maximum atomic E-state index is 12.7. The van der Waals surface area contributed by atoms with Crippen LogP contribution in [0.15, 0.2) is 59.9 Å². The van der Waals surface area contributed by atoms with Crippen LogP contribution in [0.3, 0.4) is 0 Å². The van der Waals surface area contributed by atoms with Gasteiger partial charge in [-0.15, -0.1) is 0 Å². The number of benzene rings is 2. The molecule has 2 aromatic rings. The van der Waals surface area contributed by atoms with E-state index < -0.39 is 0 Å². The highest BCUT2D eigenvalue weighted by Gasteiger charge is 2.31. The summed E-state index contributed by atoms with van der Waals surface area (Å²) in [6.07, 6.45) is 0.924. The average Bonchev–Trinajstić information content (AvgIpc) is 2.70. The molecule has 2 N–H and O–H groups in total. The quantitative estimate of drug-likeness (QED) is 0.512. The third-order valence-electron chi connectivity index (χ3n) is 5.00. The summed E-state index contributed by atoms with van der Waals surface area (Å²) in [5.74, 6) is 1.01. The topological polar surface area (TPSA) is 79.6 Å². The van der Waals surface area contributed by atoms with Crippen LogP contribution in [0.4, 0.5) is 0 Å². The molecule has 5 nitrogen and oxygen atoms in total. The lowest BCUT2D eigenvalue weighted by Crippen LogP contribution is -2.26. The number of ether oxygens (including phenoxy) is 2. The summed E-state index contributed by atoms with van der Waals surface area (Å²) in [6, 6.07) is 15.2. The highest BCUT2D eigenvalue weighted by Crippen LogP contribution is 2.34. The van der Waals surface area contributed by atoms with Gasteiger partial charge in [-0.05, 0) is 49.4 Å². The molecule has 1 aliphatic rings. The van der Waals surface area contributed by atoms with Gasteiger partial charge in [0.05, 0.1) is 18.8 Å². The Morgan fingerprint density at radius 3 is 2.38 bits per heavy atom. The predicted octanol–water partition coefficient (Wildman–Crippen LogP) is 5.01. The number of carbonyl (C=O) groups excluding carboxylic acids is 1. The lowest BCUT2D eigenvalue weighted by atomic mass is 9.79. The van der Waals surface area contributed by atoms with Crippen molar-refractivity contribution in [2.24, 2.45) is 0 Å². The van der Waals surface area contributed by atoms with E-state index in [1.165, 1.54) is 0 Å². The first-order valence-corrected chi connectivity index (χ1v) is 10.00. The number of carbonyl (C=O) groups is 1. The fourth-order valence-electron chi connectivity index (χ4n) is 3.70. The van der Waals surface area contributed by atoms with Crippen molar-refractivity contribution >= 4 is 11.5 Å². The second kappa shape index (κ2) is 9.41. The Labute approximate surface area is 171 Å². The number of allylic oxidation sites excluding steroid dienone is 2. The van der Waals surface area contributed by atoms with Crippen molar-refractivity contribution < 1.29 is 19.4 Å². The normalized spacial score (nSPS) is 18.5. The van der Waals surface area contributed by atoms with Gasteiger partial charge in [-0.3, -0.25) is 4.79 Å². The van der Waals surface area contributed by atoms with Crippen molar-refractivity contribution in [2.45, 2.75) is 39.0 Å². The van der Waals surface area contributed by atoms with E-state index >= 15 is 0 Å². The number of aliphatic hydroxyl groups is 1. The van der Waals surface area contributed by atoms with E-state index in [-0.39, 0.29) is 35.2 Å². The maximum absolute atomic E-state index is 12.7. The van der Waals surface area contributed by atoms with Crippen molar-refractivity contribution in [1.29, 1.82) is 5.41 Å². The standard InChI is InChI=1S/C24H27NO4/c1-3-28-22-11-10-16(13-23(22)29-4-2)12-20(26)24-19(25)14-18(15-21(24)27)17-8-6-5-7-9-17/h5-11,13,18,25-26H,3-4,12,14-15H2,1-2H3. The fraction of sp³-hybridized carbons (Fsp3) is 0.333. The van der Waals surface area contributed by atoms with Gasteiger partial charge in [0.2, 0.25) is 0 Å². The summed E-state index contributed by atoms with van der Waals surface area (Å²) in [6.45, 7) is 4.83. The molecule has 0 aromatic heterocycles. The molecule has 1 atom stereocenters. The molecule has 0 bridgehead atoms. The SMILES string of the molecule is CCOc1ccc(CC(O)=C2C(=N)CC(c3ccccc3)CC2=O)cc1OCC. The Kier molecular flexibility index (Phi) is 6.70. The van der Waals surface area contributed by atoms with E-state index in [0.717, 1.165) is 11.1 Å². The molecule has 1 unspecified atom stereocenters. The highest BCUT2D eigenvalue weighted by molar-refractivity contribution is 6.23. The molecule has 0 amide bonds. The molecule has 1 saturated carbocycles. The molecule has 0 spiro atoms. The molecular formula is C24H27NO4. The number of ketones is 1. The van der Waals surface area contributed by atoms with E-state index in [0.29, 0.717) is 37.6 Å². The molecule has 0 heterocycles. The van der Waals surface area contributed by atoms with Gasteiger partial charge in [0.1, 0.15) is 5.76 Å². The summed E-state index contributed by atoms with van der Waals surface area (Å²) in [4.78, 5) is 12.7. The van der Waals surface area contributed by atoms with Crippen LogP contribution in [-0.2, 0) is 11.2 Å². The zero-order valence-corrected chi connectivity index (χ0v) is 16.9. The molecule has 0 aliphatic heterocycles. The summed E-state index contributed by atoms with van der Waals surface area (Å²) in [5, 5.41) is 19.0. The third-order valence-corrected chi connectivity index (χ3v) is 5.00. The second-order valence-corrected chi connectivity index (χ2v) is 7.06. The van der Waals surface area contributed by atoms with E-state index in [1.807, 2.05) is 56.3 Å². The number of rotatable bonds is 7. The monoisotopic (exact) mass is 393 g/mol. The van der Waals surface area contributed by atoms with Gasteiger partial charge in [0.25, 0.3) is 0 Å². The average molecular weight is 393 g/mol. The van der Waals surface area contributed by atoms with Gasteiger partial charge in [0, 0.05) is 18.6 Å². The highest BCUT2D eigenvalue weighted by atomic mass is 16.5. The lowest BCUT2D eigenvalue weighted by Gasteiger charge is -2.25. The van der Waals surface area contributed by atoms with E-state index in [2.05, 4.69) is 0 Å². The number of hydrogen-bond donors (Lipinski definition) is 2. The van der Waals surface area contributed by atoms with Crippen LogP contribution in [0.2, 0.25) is 0 Å². The summed E-state index contributed by atoms with van der Waals surface area (Å²) >= 11 is 0. The molecule has 2 aromatic carbocycles. The second-order valence-electron chi connectivity index (χ2n) is 7.06. The minimum Gasteiger partial charge on any atom is -0.511 e. The van der Waals surface area contributed by atoms with Crippen molar-refractivity contribution in [3.05, 3.63) is 71.0 Å². The molecule has 3 rings (SSSR count). The Balaban J connectivity index is 1.80. The number of aliphatic hydroxyl groups excluding tert-OH is 1. The van der Waals surface area contributed by atoms with Gasteiger partial charge < -0.3 is 20.0 Å². The zero-order chi connectivity index (χ0) is 20.8. The minimum absolute atomic E-state index is 0.0113. The van der Waals surface area contributed by atoms with Crippen molar-refractivity contribution in [2.75, 3.05) is 13.2 Å². The third kappa shape index (κ3) is 4.86. The largest absolute Gasteiger partial charge is 0.511 e. The summed E-state index contributed by atoms with van der Waals surface area (Å²) < 4.78 is 11.2. The molecule has 0 saturated heterocycles. The Morgan fingerprint density at radius 2 is 1.72 bits per heavy atom. The van der Waals surface area contributed by atoms with Gasteiger partial charge in [-0.25, -0.2) is 0 Å². The predicted molar refractivity (Wildman–Crippen MR) is 113 cm³/mol. The van der Waals surface area contributed by atoms with Gasteiger partial charge in [0.15, 0.2) is 17.3 Å². The minimum atomic E-state index is -0.177. The Bertz CT molecular complexity index is 898. The molecule has 29 heavy (non-hydrogen) atoms. The van der Waals surface area contributed by atoms with E-state index in [4.69, 9.17) is 14.9 Å². The number of hydrogen-bond acceptors (Lipinski definition) is 5. The van der Waals surface area contributed by atoms with Crippen LogP contribution in [0.25, 0.3) is 0 Å². The van der Waals surface area contributed by atoms with E-state index in [9.17, 15) is 9.90 Å². The fourth-order valence-corrected chi connectivity index (χ4v) is 3.70. The Morgan fingerprint density at radius 1 is 1.03 bits per heavy atom. The van der Waals surface area contributed by atoms with Crippen LogP contribution >= 0.6 is 0 Å². The molecule has 152 valence electrons. The van der Waals surface area contributed by atoms with E-state index in [1.54, 1.807) is 6.07 Å². The molecule has 0 radical (unpaired) electrons. The van der Waals surface area contributed by atoms with Crippen molar-refractivity contribution in [3.63, 3.8) is 0 Å². The summed E-state index contributed by atoms with van der Waals surface area (Å²) in [5.41, 5.74) is 2.21. The number of nitrogens with one attached hydrogen (secondary N) is 1.